The molecule has 25 heavy (non-hydrogen) atoms. The maximum atomic E-state index is 12.3. The fourth-order valence-electron chi connectivity index (χ4n) is 1.93. The summed E-state index contributed by atoms with van der Waals surface area (Å²) < 4.78 is 4.93. The summed E-state index contributed by atoms with van der Waals surface area (Å²) in [4.78, 5) is 46.6. The number of carbonyl (C=O) groups is 3. The monoisotopic (exact) mass is 478 g/mol. The van der Waals surface area contributed by atoms with Crippen molar-refractivity contribution >= 4 is 63.2 Å². The molecular weight excluding hydrogens is 467 g/mol. The molecule has 11 heteroatoms. The van der Waals surface area contributed by atoms with Crippen molar-refractivity contribution in [3.8, 4) is 5.75 Å². The predicted molar refractivity (Wildman–Crippen MR) is 96.8 cm³/mol. The molecule has 0 aromatic heterocycles. The molecule has 132 valence electrons. The van der Waals surface area contributed by atoms with E-state index in [0.717, 1.165) is 6.07 Å². The molecule has 1 fully saturated rings. The van der Waals surface area contributed by atoms with E-state index in [2.05, 4.69) is 0 Å². The largest absolute Gasteiger partial charge is 0.506 e. The molecule has 0 atom stereocenters. The minimum Gasteiger partial charge on any atom is -0.506 e. The van der Waals surface area contributed by atoms with Crippen LogP contribution < -0.4 is 0 Å². The van der Waals surface area contributed by atoms with E-state index in [9.17, 15) is 29.6 Å². The Morgan fingerprint density at radius 2 is 2.16 bits per heavy atom. The first kappa shape index (κ1) is 19.2. The summed E-state index contributed by atoms with van der Waals surface area (Å²) in [6.07, 6.45) is 1.18. The smallest absolute Gasteiger partial charge is 0.326 e. The summed E-state index contributed by atoms with van der Waals surface area (Å²) in [5.74, 6) is -1.70. The van der Waals surface area contributed by atoms with Crippen LogP contribution in [-0.4, -0.2) is 45.2 Å². The van der Waals surface area contributed by atoms with E-state index in [0.29, 0.717) is 16.7 Å². The van der Waals surface area contributed by atoms with Crippen LogP contribution in [0.2, 0.25) is 0 Å². The Morgan fingerprint density at radius 1 is 1.48 bits per heavy atom. The van der Waals surface area contributed by atoms with Crippen molar-refractivity contribution in [2.75, 3.05) is 13.2 Å². The van der Waals surface area contributed by atoms with Crippen LogP contribution in [0.5, 0.6) is 5.75 Å². The normalized spacial score (nSPS) is 15.8. The van der Waals surface area contributed by atoms with Crippen LogP contribution in [0, 0.1) is 13.7 Å². The molecule has 0 bridgehead atoms. The molecular formula is C14H11IN2O7S. The zero-order chi connectivity index (χ0) is 18.7. The van der Waals surface area contributed by atoms with Gasteiger partial charge in [0.2, 0.25) is 0 Å². The Hall–Kier alpha value is -2.15. The van der Waals surface area contributed by atoms with Gasteiger partial charge < -0.3 is 9.84 Å². The average Bonchev–Trinajstić information content (AvgIpc) is 2.79. The van der Waals surface area contributed by atoms with E-state index in [4.69, 9.17) is 4.74 Å². The maximum Gasteiger partial charge on any atom is 0.326 e. The molecule has 1 aliphatic rings. The molecule has 1 saturated heterocycles. The highest BCUT2D eigenvalue weighted by molar-refractivity contribution is 14.1. The van der Waals surface area contributed by atoms with Gasteiger partial charge in [-0.2, -0.15) is 0 Å². The Labute approximate surface area is 159 Å². The number of aromatic hydroxyl groups is 1. The Bertz CT molecular complexity index is 809. The molecule has 1 heterocycles. The summed E-state index contributed by atoms with van der Waals surface area (Å²) in [5, 5.41) is 20.3. The number of hydrogen-bond acceptors (Lipinski definition) is 8. The molecule has 1 aliphatic heterocycles. The molecule has 0 radical (unpaired) electrons. The van der Waals surface area contributed by atoms with Gasteiger partial charge in [-0.25, -0.2) is 0 Å². The lowest BCUT2D eigenvalue weighted by Gasteiger charge is -2.10. The first-order valence-electron chi connectivity index (χ1n) is 6.82. The number of esters is 1. The third-order valence-corrected chi connectivity index (χ3v) is 4.77. The van der Waals surface area contributed by atoms with Crippen LogP contribution in [0.3, 0.4) is 0 Å². The number of nitro groups is 1. The first-order chi connectivity index (χ1) is 11.7. The number of phenolic OH excluding ortho intramolecular Hbond substituents is 1. The zero-order valence-corrected chi connectivity index (χ0v) is 15.7. The number of nitrogens with zero attached hydrogens (tertiary/aromatic N) is 2. The second kappa shape index (κ2) is 7.82. The lowest BCUT2D eigenvalue weighted by atomic mass is 10.1. The number of imide groups is 1. The molecule has 1 N–H and O–H groups in total. The number of ether oxygens (including phenoxy) is 1. The van der Waals surface area contributed by atoms with Gasteiger partial charge in [0.05, 0.1) is 20.0 Å². The van der Waals surface area contributed by atoms with Crippen LogP contribution in [-0.2, 0) is 14.3 Å². The molecule has 0 unspecified atom stereocenters. The van der Waals surface area contributed by atoms with E-state index in [1.54, 1.807) is 29.5 Å². The van der Waals surface area contributed by atoms with Gasteiger partial charge >= 0.3 is 5.97 Å². The molecule has 1 aromatic rings. The molecule has 2 amide bonds. The number of halogens is 1. The van der Waals surface area contributed by atoms with E-state index in [1.165, 1.54) is 12.1 Å². The number of non-ortho nitro benzene ring substituents is 1. The van der Waals surface area contributed by atoms with Crippen LogP contribution in [0.4, 0.5) is 10.5 Å². The van der Waals surface area contributed by atoms with Gasteiger partial charge in [0, 0.05) is 17.7 Å². The van der Waals surface area contributed by atoms with Crippen LogP contribution in [0.1, 0.15) is 12.5 Å². The van der Waals surface area contributed by atoms with Crippen molar-refractivity contribution in [3.63, 3.8) is 0 Å². The van der Waals surface area contributed by atoms with E-state index < -0.39 is 28.6 Å². The van der Waals surface area contributed by atoms with Crippen molar-refractivity contribution in [2.45, 2.75) is 6.92 Å². The lowest BCUT2D eigenvalue weighted by molar-refractivity contribution is -0.385. The van der Waals surface area contributed by atoms with Gasteiger partial charge in [0.1, 0.15) is 12.3 Å². The van der Waals surface area contributed by atoms with Gasteiger partial charge in [-0.3, -0.25) is 29.4 Å². The number of rotatable bonds is 5. The number of benzene rings is 1. The van der Waals surface area contributed by atoms with E-state index in [-0.39, 0.29) is 32.1 Å². The van der Waals surface area contributed by atoms with Crippen molar-refractivity contribution in [1.29, 1.82) is 0 Å². The standard InChI is InChI=1S/C14H11IN2O7S/c1-2-24-11(18)6-16-13(20)10(25-14(16)21)4-7-3-8(17(22)23)5-9(15)12(7)19/h3-5,19H,2,6H2,1H3/b10-4+. The van der Waals surface area contributed by atoms with Crippen molar-refractivity contribution in [2.24, 2.45) is 0 Å². The third-order valence-electron chi connectivity index (χ3n) is 3.04. The molecule has 0 saturated carbocycles. The second-order valence-corrected chi connectivity index (χ2v) is 6.85. The highest BCUT2D eigenvalue weighted by Gasteiger charge is 2.37. The predicted octanol–water partition coefficient (Wildman–Crippen LogP) is 2.50. The number of phenols is 1. The lowest BCUT2D eigenvalue weighted by Crippen LogP contribution is -2.34. The van der Waals surface area contributed by atoms with Crippen LogP contribution >= 0.6 is 34.4 Å². The SMILES string of the molecule is CCOC(=O)CN1C(=O)S/C(=C/c2cc([N+](=O)[O-])cc(I)c2O)C1=O. The molecule has 0 aliphatic carbocycles. The average molecular weight is 478 g/mol. The summed E-state index contributed by atoms with van der Waals surface area (Å²) >= 11 is 2.29. The van der Waals surface area contributed by atoms with E-state index >= 15 is 0 Å². The van der Waals surface area contributed by atoms with Gasteiger partial charge in [-0.05, 0) is 47.4 Å². The Kier molecular flexibility index (Phi) is 6.00. The number of hydrogen-bond donors (Lipinski definition) is 1. The second-order valence-electron chi connectivity index (χ2n) is 4.70. The van der Waals surface area contributed by atoms with Gasteiger partial charge in [0.25, 0.3) is 16.8 Å². The van der Waals surface area contributed by atoms with Crippen molar-refractivity contribution in [1.82, 2.24) is 4.90 Å². The van der Waals surface area contributed by atoms with E-state index in [1.807, 2.05) is 0 Å². The Morgan fingerprint density at radius 3 is 2.76 bits per heavy atom. The quantitative estimate of drug-likeness (QED) is 0.225. The first-order valence-corrected chi connectivity index (χ1v) is 8.72. The topological polar surface area (TPSA) is 127 Å². The van der Waals surface area contributed by atoms with Crippen LogP contribution in [0.25, 0.3) is 6.08 Å². The summed E-state index contributed by atoms with van der Waals surface area (Å²) in [6, 6.07) is 2.27. The highest BCUT2D eigenvalue weighted by Crippen LogP contribution is 2.36. The van der Waals surface area contributed by atoms with Gasteiger partial charge in [0.15, 0.2) is 0 Å². The fraction of sp³-hybridized carbons (Fsp3) is 0.214. The van der Waals surface area contributed by atoms with Crippen molar-refractivity contribution in [3.05, 3.63) is 36.3 Å². The summed E-state index contributed by atoms with van der Waals surface area (Å²) in [6.45, 7) is 1.19. The number of nitro benzene ring substituents is 1. The summed E-state index contributed by atoms with van der Waals surface area (Å²) in [7, 11) is 0. The minimum absolute atomic E-state index is 0.0280. The summed E-state index contributed by atoms with van der Waals surface area (Å²) in [5.41, 5.74) is -0.237. The third kappa shape index (κ3) is 4.28. The molecule has 1 aromatic carbocycles. The fourth-order valence-corrected chi connectivity index (χ4v) is 3.39. The van der Waals surface area contributed by atoms with Crippen molar-refractivity contribution < 1.29 is 29.2 Å². The molecule has 9 nitrogen and oxygen atoms in total. The van der Waals surface area contributed by atoms with Crippen LogP contribution in [0.15, 0.2) is 17.0 Å². The minimum atomic E-state index is -0.732. The number of carbonyl (C=O) groups excluding carboxylic acids is 3. The molecule has 2 rings (SSSR count). The van der Waals surface area contributed by atoms with Gasteiger partial charge in [-0.1, -0.05) is 0 Å². The zero-order valence-electron chi connectivity index (χ0n) is 12.7. The molecule has 0 spiro atoms. The number of thioether (sulfide) groups is 1. The Balaban J connectivity index is 2.33. The number of amides is 2. The highest BCUT2D eigenvalue weighted by atomic mass is 127. The maximum absolute atomic E-state index is 12.3. The van der Waals surface area contributed by atoms with Gasteiger partial charge in [-0.15, -0.1) is 0 Å².